The minimum atomic E-state index is 0.117. The van der Waals surface area contributed by atoms with Crippen LogP contribution < -0.4 is 0 Å². The van der Waals surface area contributed by atoms with Crippen LogP contribution in [0.4, 0.5) is 0 Å². The van der Waals surface area contributed by atoms with Crippen LogP contribution in [0.25, 0.3) is 0 Å². The van der Waals surface area contributed by atoms with Gasteiger partial charge in [-0.15, -0.1) is 0 Å². The summed E-state index contributed by atoms with van der Waals surface area (Å²) in [4.78, 5) is 0. The molecule has 1 aromatic heterocycles. The predicted molar refractivity (Wildman–Crippen MR) is 74.8 cm³/mol. The average molecular weight is 254 g/mol. The average Bonchev–Trinajstić information content (AvgIpc) is 2.88. The maximum Gasteiger partial charge on any atom is 0.0960 e. The smallest absolute Gasteiger partial charge is 0.0960 e. The molecule has 2 nitrogen and oxygen atoms in total. The summed E-state index contributed by atoms with van der Waals surface area (Å²) < 4.78 is 11.4. The van der Waals surface area contributed by atoms with E-state index in [4.69, 9.17) is 9.15 Å². The van der Waals surface area contributed by atoms with Gasteiger partial charge < -0.3 is 9.15 Å². The van der Waals surface area contributed by atoms with E-state index in [0.717, 1.165) is 24.8 Å². The van der Waals surface area contributed by atoms with Crippen LogP contribution in [0.1, 0.15) is 30.1 Å². The van der Waals surface area contributed by atoms with Crippen molar-refractivity contribution >= 4 is 0 Å². The Balaban J connectivity index is 1.70. The van der Waals surface area contributed by atoms with Crippen LogP contribution in [0.3, 0.4) is 0 Å². The highest BCUT2D eigenvalue weighted by Crippen LogP contribution is 2.28. The number of rotatable bonds is 3. The molecule has 0 aliphatic carbocycles. The highest BCUT2D eigenvalue weighted by Gasteiger charge is 2.20. The third kappa shape index (κ3) is 3.15. The minimum absolute atomic E-state index is 0.117. The number of furan rings is 1. The molecule has 1 aliphatic rings. The van der Waals surface area contributed by atoms with Gasteiger partial charge in [0.1, 0.15) is 0 Å². The lowest BCUT2D eigenvalue weighted by Gasteiger charge is -2.21. The zero-order valence-electron chi connectivity index (χ0n) is 10.9. The van der Waals surface area contributed by atoms with Crippen molar-refractivity contribution in [2.24, 2.45) is 0 Å². The van der Waals surface area contributed by atoms with Gasteiger partial charge in [-0.3, -0.25) is 0 Å². The second-order valence-corrected chi connectivity index (χ2v) is 4.94. The second-order valence-electron chi connectivity index (χ2n) is 4.94. The lowest BCUT2D eigenvalue weighted by atomic mass is 10.1. The van der Waals surface area contributed by atoms with Gasteiger partial charge in [0.15, 0.2) is 0 Å². The highest BCUT2D eigenvalue weighted by atomic mass is 16.5. The molecule has 0 spiro atoms. The molecule has 0 fully saturated rings. The molecular formula is C17H18O2. The van der Waals surface area contributed by atoms with Crippen LogP contribution in [0.2, 0.25) is 0 Å². The second kappa shape index (κ2) is 5.89. The molecule has 0 amide bonds. The van der Waals surface area contributed by atoms with Crippen LogP contribution in [0.15, 0.2) is 65.5 Å². The van der Waals surface area contributed by atoms with E-state index in [1.54, 1.807) is 12.5 Å². The maximum absolute atomic E-state index is 6.24. The zero-order chi connectivity index (χ0) is 12.9. The molecule has 19 heavy (non-hydrogen) atoms. The standard InChI is InChI=1S/C17H18O2/c1-2-6-14(7-3-1)12-16-8-4-5-9-17(19-16)15-10-11-18-13-15/h1-7,10-11,13,16-17H,8-9,12H2/t16-,17+/m0/s1. The fraction of sp³-hybridized carbons (Fsp3) is 0.294. The monoisotopic (exact) mass is 254 g/mol. The van der Waals surface area contributed by atoms with Crippen LogP contribution >= 0.6 is 0 Å². The van der Waals surface area contributed by atoms with E-state index in [2.05, 4.69) is 36.4 Å². The normalized spacial score (nSPS) is 23.2. The van der Waals surface area contributed by atoms with Crippen LogP contribution in [-0.4, -0.2) is 6.10 Å². The van der Waals surface area contributed by atoms with Gasteiger partial charge in [0.25, 0.3) is 0 Å². The number of hydrogen-bond acceptors (Lipinski definition) is 2. The summed E-state index contributed by atoms with van der Waals surface area (Å²) >= 11 is 0. The van der Waals surface area contributed by atoms with Crippen molar-refractivity contribution in [3.05, 3.63) is 72.2 Å². The van der Waals surface area contributed by atoms with E-state index < -0.39 is 0 Å². The topological polar surface area (TPSA) is 22.4 Å². The van der Waals surface area contributed by atoms with Crippen LogP contribution in [-0.2, 0) is 11.2 Å². The quantitative estimate of drug-likeness (QED) is 0.762. The summed E-state index contributed by atoms with van der Waals surface area (Å²) in [5.41, 5.74) is 2.46. The lowest BCUT2D eigenvalue weighted by molar-refractivity contribution is -0.00625. The van der Waals surface area contributed by atoms with E-state index in [9.17, 15) is 0 Å². The first-order valence-corrected chi connectivity index (χ1v) is 6.78. The molecule has 1 aliphatic heterocycles. The molecule has 0 saturated carbocycles. The maximum atomic E-state index is 6.24. The molecule has 0 unspecified atom stereocenters. The summed E-state index contributed by atoms with van der Waals surface area (Å²) in [5.74, 6) is 0. The van der Waals surface area contributed by atoms with Crippen LogP contribution in [0.5, 0.6) is 0 Å². The molecule has 2 atom stereocenters. The third-order valence-electron chi connectivity index (χ3n) is 3.49. The van der Waals surface area contributed by atoms with Crippen molar-refractivity contribution in [1.29, 1.82) is 0 Å². The molecule has 2 aromatic rings. The number of benzene rings is 1. The van der Waals surface area contributed by atoms with Crippen molar-refractivity contribution in [2.75, 3.05) is 0 Å². The summed E-state index contributed by atoms with van der Waals surface area (Å²) in [6, 6.07) is 12.5. The first-order chi connectivity index (χ1) is 9.42. The largest absolute Gasteiger partial charge is 0.472 e. The summed E-state index contributed by atoms with van der Waals surface area (Å²) in [7, 11) is 0. The summed E-state index contributed by atoms with van der Waals surface area (Å²) in [6.07, 6.45) is 11.1. The molecule has 0 N–H and O–H groups in total. The van der Waals surface area contributed by atoms with E-state index in [0.29, 0.717) is 0 Å². The molecule has 1 aromatic carbocycles. The molecule has 0 bridgehead atoms. The molecule has 2 heteroatoms. The van der Waals surface area contributed by atoms with Gasteiger partial charge in [-0.1, -0.05) is 42.5 Å². The number of hydrogen-bond donors (Lipinski definition) is 0. The predicted octanol–water partition coefficient (Wildman–Crippen LogP) is 4.30. The molecule has 98 valence electrons. The molecule has 2 heterocycles. The third-order valence-corrected chi connectivity index (χ3v) is 3.49. The molecule has 0 radical (unpaired) electrons. The van der Waals surface area contributed by atoms with Gasteiger partial charge >= 0.3 is 0 Å². The Labute approximate surface area is 113 Å². The van der Waals surface area contributed by atoms with Gasteiger partial charge in [-0.25, -0.2) is 0 Å². The van der Waals surface area contributed by atoms with E-state index in [1.807, 2.05) is 12.1 Å². The Morgan fingerprint density at radius 3 is 2.63 bits per heavy atom. The summed E-state index contributed by atoms with van der Waals surface area (Å²) in [5, 5.41) is 0. The molecular weight excluding hydrogens is 236 g/mol. The zero-order valence-corrected chi connectivity index (χ0v) is 10.9. The van der Waals surface area contributed by atoms with Gasteiger partial charge in [0.2, 0.25) is 0 Å². The fourth-order valence-electron chi connectivity index (χ4n) is 2.49. The SMILES string of the molecule is C1=CC[C@H](c2ccoc2)O[C@H](Cc2ccccc2)C1. The van der Waals surface area contributed by atoms with Gasteiger partial charge in [0.05, 0.1) is 24.7 Å². The minimum Gasteiger partial charge on any atom is -0.472 e. The Morgan fingerprint density at radius 1 is 1.00 bits per heavy atom. The highest BCUT2D eigenvalue weighted by molar-refractivity contribution is 5.17. The van der Waals surface area contributed by atoms with E-state index in [1.165, 1.54) is 5.56 Å². The van der Waals surface area contributed by atoms with Crippen molar-refractivity contribution in [2.45, 2.75) is 31.5 Å². The molecule has 0 saturated heterocycles. The van der Waals surface area contributed by atoms with Crippen LogP contribution in [0, 0.1) is 0 Å². The molecule has 3 rings (SSSR count). The fourth-order valence-corrected chi connectivity index (χ4v) is 2.49. The first kappa shape index (κ1) is 12.2. The number of ether oxygens (including phenoxy) is 1. The van der Waals surface area contributed by atoms with Gasteiger partial charge in [-0.2, -0.15) is 0 Å². The van der Waals surface area contributed by atoms with Gasteiger partial charge in [-0.05, 0) is 30.9 Å². The Bertz CT molecular complexity index is 513. The Morgan fingerprint density at radius 2 is 1.84 bits per heavy atom. The summed E-state index contributed by atoms with van der Waals surface area (Å²) in [6.45, 7) is 0. The van der Waals surface area contributed by atoms with E-state index >= 15 is 0 Å². The van der Waals surface area contributed by atoms with Crippen molar-refractivity contribution in [1.82, 2.24) is 0 Å². The first-order valence-electron chi connectivity index (χ1n) is 6.78. The Kier molecular flexibility index (Phi) is 3.80. The van der Waals surface area contributed by atoms with Crippen molar-refractivity contribution in [3.63, 3.8) is 0 Å². The lowest BCUT2D eigenvalue weighted by Crippen LogP contribution is -2.17. The van der Waals surface area contributed by atoms with Crippen molar-refractivity contribution in [3.8, 4) is 0 Å². The Hall–Kier alpha value is -1.80. The van der Waals surface area contributed by atoms with E-state index in [-0.39, 0.29) is 12.2 Å². The van der Waals surface area contributed by atoms with Crippen molar-refractivity contribution < 1.29 is 9.15 Å². The van der Waals surface area contributed by atoms with Gasteiger partial charge in [0, 0.05) is 5.56 Å².